The number of ether oxygens (including phenoxy) is 1. The summed E-state index contributed by atoms with van der Waals surface area (Å²) in [6.07, 6.45) is 0. The molecule has 0 aliphatic heterocycles. The van der Waals surface area contributed by atoms with Gasteiger partial charge in [-0.2, -0.15) is 0 Å². The van der Waals surface area contributed by atoms with Crippen LogP contribution < -0.4 is 5.32 Å². The average molecular weight is 274 g/mol. The van der Waals surface area contributed by atoms with Crippen LogP contribution in [-0.4, -0.2) is 30.7 Å². The second-order valence-corrected chi connectivity index (χ2v) is 4.23. The Morgan fingerprint density at radius 3 is 2.67 bits per heavy atom. The molecule has 0 saturated carbocycles. The maximum Gasteiger partial charge on any atom is 0.144 e. The fourth-order valence-electron chi connectivity index (χ4n) is 1.29. The van der Waals surface area contributed by atoms with Gasteiger partial charge in [0.25, 0.3) is 0 Å². The van der Waals surface area contributed by atoms with Gasteiger partial charge in [-0.15, -0.1) is 0 Å². The number of halogens is 1. The van der Waals surface area contributed by atoms with Gasteiger partial charge in [-0.25, -0.2) is 9.97 Å². The first-order valence-electron chi connectivity index (χ1n) is 4.80. The lowest BCUT2D eigenvalue weighted by Crippen LogP contribution is -2.10. The molecule has 0 bridgehead atoms. The average Bonchev–Trinajstić information content (AvgIpc) is 2.22. The van der Waals surface area contributed by atoms with E-state index in [-0.39, 0.29) is 5.92 Å². The van der Waals surface area contributed by atoms with Crippen molar-refractivity contribution in [3.8, 4) is 0 Å². The Morgan fingerprint density at radius 1 is 1.47 bits per heavy atom. The number of methoxy groups -OCH3 is 1. The molecule has 1 heterocycles. The number of aryl methyl sites for hydroxylation is 1. The Morgan fingerprint density at radius 2 is 2.13 bits per heavy atom. The second-order valence-electron chi connectivity index (χ2n) is 3.44. The van der Waals surface area contributed by atoms with Crippen molar-refractivity contribution in [1.82, 2.24) is 9.97 Å². The molecule has 1 rings (SSSR count). The van der Waals surface area contributed by atoms with Crippen LogP contribution in [0.4, 0.5) is 5.82 Å². The highest BCUT2D eigenvalue weighted by atomic mass is 79.9. The van der Waals surface area contributed by atoms with Gasteiger partial charge in [0.05, 0.1) is 16.8 Å². The lowest BCUT2D eigenvalue weighted by atomic mass is 10.2. The molecular formula is C10H16BrN3O. The van der Waals surface area contributed by atoms with Crippen LogP contribution in [0.15, 0.2) is 4.47 Å². The van der Waals surface area contributed by atoms with Crippen molar-refractivity contribution in [3.05, 3.63) is 16.0 Å². The monoisotopic (exact) mass is 273 g/mol. The molecule has 0 fully saturated rings. The highest BCUT2D eigenvalue weighted by molar-refractivity contribution is 9.10. The third-order valence-electron chi connectivity index (χ3n) is 2.13. The van der Waals surface area contributed by atoms with Crippen LogP contribution in [0, 0.1) is 6.92 Å². The van der Waals surface area contributed by atoms with E-state index in [0.717, 1.165) is 21.8 Å². The fraction of sp³-hybridized carbons (Fsp3) is 0.600. The van der Waals surface area contributed by atoms with Crippen LogP contribution in [-0.2, 0) is 4.74 Å². The highest BCUT2D eigenvalue weighted by Crippen LogP contribution is 2.24. The lowest BCUT2D eigenvalue weighted by Gasteiger charge is -2.12. The minimum Gasteiger partial charge on any atom is -0.384 e. The van der Waals surface area contributed by atoms with E-state index in [1.807, 2.05) is 20.9 Å². The van der Waals surface area contributed by atoms with Gasteiger partial charge in [0.15, 0.2) is 0 Å². The molecule has 0 aromatic carbocycles. The van der Waals surface area contributed by atoms with E-state index in [4.69, 9.17) is 4.74 Å². The summed E-state index contributed by atoms with van der Waals surface area (Å²) in [6.45, 7) is 4.63. The summed E-state index contributed by atoms with van der Waals surface area (Å²) >= 11 is 3.44. The van der Waals surface area contributed by atoms with Crippen LogP contribution in [0.25, 0.3) is 0 Å². The molecule has 0 amide bonds. The number of nitrogens with one attached hydrogen (secondary N) is 1. The normalized spacial score (nSPS) is 12.6. The van der Waals surface area contributed by atoms with Crippen molar-refractivity contribution in [2.24, 2.45) is 0 Å². The van der Waals surface area contributed by atoms with Crippen LogP contribution in [0.2, 0.25) is 0 Å². The predicted molar refractivity (Wildman–Crippen MR) is 64.3 cm³/mol. The summed E-state index contributed by atoms with van der Waals surface area (Å²) in [5, 5.41) is 3.03. The van der Waals surface area contributed by atoms with Gasteiger partial charge in [0.2, 0.25) is 0 Å². The summed E-state index contributed by atoms with van der Waals surface area (Å²) in [4.78, 5) is 8.84. The molecule has 4 nitrogen and oxygen atoms in total. The summed E-state index contributed by atoms with van der Waals surface area (Å²) in [5.74, 6) is 1.83. The van der Waals surface area contributed by atoms with Gasteiger partial charge < -0.3 is 10.1 Å². The molecule has 0 saturated heterocycles. The third kappa shape index (κ3) is 2.89. The standard InChI is InChI=1S/C10H16BrN3O/c1-6(5-15-4)9-13-7(2)8(11)10(12-3)14-9/h6H,5H2,1-4H3,(H,12,13,14). The van der Waals surface area contributed by atoms with Gasteiger partial charge in [-0.1, -0.05) is 6.92 Å². The molecule has 1 N–H and O–H groups in total. The van der Waals surface area contributed by atoms with Gasteiger partial charge in [-0.05, 0) is 22.9 Å². The molecule has 1 unspecified atom stereocenters. The van der Waals surface area contributed by atoms with Crippen molar-refractivity contribution in [2.75, 3.05) is 26.1 Å². The molecule has 0 aliphatic rings. The Labute approximate surface area is 98.6 Å². The van der Waals surface area contributed by atoms with Crippen molar-refractivity contribution in [1.29, 1.82) is 0 Å². The van der Waals surface area contributed by atoms with Gasteiger partial charge in [0, 0.05) is 20.1 Å². The zero-order valence-electron chi connectivity index (χ0n) is 9.47. The summed E-state index contributed by atoms with van der Waals surface area (Å²) in [7, 11) is 3.53. The second kappa shape index (κ2) is 5.42. The summed E-state index contributed by atoms with van der Waals surface area (Å²) in [6, 6.07) is 0. The molecule has 1 atom stereocenters. The lowest BCUT2D eigenvalue weighted by molar-refractivity contribution is 0.181. The highest BCUT2D eigenvalue weighted by Gasteiger charge is 2.13. The molecule has 1 aromatic rings. The number of nitrogens with zero attached hydrogens (tertiary/aromatic N) is 2. The quantitative estimate of drug-likeness (QED) is 0.915. The molecule has 0 radical (unpaired) electrons. The number of hydrogen-bond donors (Lipinski definition) is 1. The molecule has 84 valence electrons. The zero-order chi connectivity index (χ0) is 11.4. The Kier molecular flexibility index (Phi) is 4.47. The Bertz CT molecular complexity index is 344. The van der Waals surface area contributed by atoms with Gasteiger partial charge in [-0.3, -0.25) is 0 Å². The topological polar surface area (TPSA) is 47.0 Å². The fourth-order valence-corrected chi connectivity index (χ4v) is 1.67. The first kappa shape index (κ1) is 12.4. The van der Waals surface area contributed by atoms with Crippen LogP contribution >= 0.6 is 15.9 Å². The molecular weight excluding hydrogens is 258 g/mol. The van der Waals surface area contributed by atoms with Crippen LogP contribution in [0.5, 0.6) is 0 Å². The number of rotatable bonds is 4. The minimum absolute atomic E-state index is 0.203. The molecule has 15 heavy (non-hydrogen) atoms. The van der Waals surface area contributed by atoms with E-state index in [1.54, 1.807) is 7.11 Å². The molecule has 0 aliphatic carbocycles. The zero-order valence-corrected chi connectivity index (χ0v) is 11.1. The van der Waals surface area contributed by atoms with E-state index in [2.05, 4.69) is 31.2 Å². The maximum atomic E-state index is 5.09. The third-order valence-corrected chi connectivity index (χ3v) is 3.08. The van der Waals surface area contributed by atoms with Gasteiger partial charge >= 0.3 is 0 Å². The molecule has 5 heteroatoms. The van der Waals surface area contributed by atoms with E-state index in [0.29, 0.717) is 6.61 Å². The Hall–Kier alpha value is -0.680. The smallest absolute Gasteiger partial charge is 0.144 e. The SMILES string of the molecule is CNc1nc(C(C)COC)nc(C)c1Br. The van der Waals surface area contributed by atoms with E-state index < -0.39 is 0 Å². The van der Waals surface area contributed by atoms with Crippen molar-refractivity contribution >= 4 is 21.7 Å². The first-order valence-corrected chi connectivity index (χ1v) is 5.60. The van der Waals surface area contributed by atoms with Crippen molar-refractivity contribution in [3.63, 3.8) is 0 Å². The maximum absolute atomic E-state index is 5.09. The van der Waals surface area contributed by atoms with E-state index >= 15 is 0 Å². The summed E-state index contributed by atoms with van der Waals surface area (Å²) in [5.41, 5.74) is 0.937. The number of anilines is 1. The Balaban J connectivity index is 3.05. The molecule has 0 spiro atoms. The largest absolute Gasteiger partial charge is 0.384 e. The first-order chi connectivity index (χ1) is 7.10. The number of aromatic nitrogens is 2. The van der Waals surface area contributed by atoms with Crippen LogP contribution in [0.1, 0.15) is 24.4 Å². The van der Waals surface area contributed by atoms with Crippen molar-refractivity contribution < 1.29 is 4.74 Å². The predicted octanol–water partition coefficient (Wildman–Crippen LogP) is 2.34. The van der Waals surface area contributed by atoms with Gasteiger partial charge in [0.1, 0.15) is 11.6 Å². The van der Waals surface area contributed by atoms with E-state index in [1.165, 1.54) is 0 Å². The number of hydrogen-bond acceptors (Lipinski definition) is 4. The van der Waals surface area contributed by atoms with Crippen LogP contribution in [0.3, 0.4) is 0 Å². The summed E-state index contributed by atoms with van der Waals surface area (Å²) < 4.78 is 6.00. The van der Waals surface area contributed by atoms with E-state index in [9.17, 15) is 0 Å². The minimum atomic E-state index is 0.203. The van der Waals surface area contributed by atoms with Crippen molar-refractivity contribution in [2.45, 2.75) is 19.8 Å². The molecule has 1 aromatic heterocycles.